The molecule has 148 valence electrons. The third-order valence-electron chi connectivity index (χ3n) is 5.82. The number of aliphatic carboxylic acids is 1. The van der Waals surface area contributed by atoms with E-state index in [-0.39, 0.29) is 42.5 Å². The summed E-state index contributed by atoms with van der Waals surface area (Å²) in [5, 5.41) is 8.92. The molecule has 26 heavy (non-hydrogen) atoms. The molecule has 0 saturated carbocycles. The number of sulfone groups is 1. The molecule has 0 aromatic rings. The van der Waals surface area contributed by atoms with Crippen LogP contribution >= 0.6 is 0 Å². The Balaban J connectivity index is 1.65. The van der Waals surface area contributed by atoms with E-state index in [4.69, 9.17) is 5.11 Å². The Bertz CT molecular complexity index is 630. The largest absolute Gasteiger partial charge is 0.481 e. The van der Waals surface area contributed by atoms with Crippen LogP contribution in [-0.4, -0.2) is 103 Å². The fourth-order valence-electron chi connectivity index (χ4n) is 4.40. The monoisotopic (exact) mass is 387 g/mol. The normalized spacial score (nSPS) is 29.9. The summed E-state index contributed by atoms with van der Waals surface area (Å²) >= 11 is 0. The van der Waals surface area contributed by atoms with Crippen molar-refractivity contribution in [3.8, 4) is 0 Å². The second-order valence-electron chi connectivity index (χ2n) is 7.66. The van der Waals surface area contributed by atoms with E-state index < -0.39 is 15.8 Å². The Kier molecular flexibility index (Phi) is 6.19. The summed E-state index contributed by atoms with van der Waals surface area (Å²) in [7, 11) is -3.16. The van der Waals surface area contributed by atoms with Crippen molar-refractivity contribution in [1.82, 2.24) is 14.7 Å². The highest BCUT2D eigenvalue weighted by atomic mass is 32.2. The quantitative estimate of drug-likeness (QED) is 0.688. The second kappa shape index (κ2) is 8.22. The average Bonchev–Trinajstić information content (AvgIpc) is 2.75. The lowest BCUT2D eigenvalue weighted by Crippen LogP contribution is -2.61. The topological polar surface area (TPSA) is 98.2 Å². The van der Waals surface area contributed by atoms with E-state index in [1.165, 1.54) is 0 Å². The first-order valence-corrected chi connectivity index (χ1v) is 11.4. The molecule has 0 aromatic heterocycles. The van der Waals surface area contributed by atoms with Crippen molar-refractivity contribution in [2.24, 2.45) is 0 Å². The van der Waals surface area contributed by atoms with E-state index in [0.717, 1.165) is 38.8 Å². The number of rotatable bonds is 5. The molecule has 0 aliphatic carbocycles. The number of fused-ring (bicyclic) bond motifs is 1. The molecule has 3 fully saturated rings. The van der Waals surface area contributed by atoms with Gasteiger partial charge < -0.3 is 10.0 Å². The van der Waals surface area contributed by atoms with E-state index in [1.54, 1.807) is 0 Å². The molecule has 0 unspecified atom stereocenters. The molecule has 2 atom stereocenters. The van der Waals surface area contributed by atoms with Gasteiger partial charge in [-0.2, -0.15) is 0 Å². The van der Waals surface area contributed by atoms with Crippen LogP contribution in [0.2, 0.25) is 0 Å². The van der Waals surface area contributed by atoms with Gasteiger partial charge >= 0.3 is 5.97 Å². The second-order valence-corrected chi connectivity index (χ2v) is 9.81. The van der Waals surface area contributed by atoms with Crippen molar-refractivity contribution in [2.45, 2.75) is 44.2 Å². The highest BCUT2D eigenvalue weighted by Gasteiger charge is 2.46. The Labute approximate surface area is 155 Å². The van der Waals surface area contributed by atoms with Crippen LogP contribution < -0.4 is 0 Å². The number of nitrogens with zero attached hydrogens (tertiary/aromatic N) is 3. The van der Waals surface area contributed by atoms with E-state index in [9.17, 15) is 18.0 Å². The maximum absolute atomic E-state index is 12.7. The smallest absolute Gasteiger partial charge is 0.304 e. The van der Waals surface area contributed by atoms with Gasteiger partial charge in [-0.1, -0.05) is 12.8 Å². The fraction of sp³-hybridized carbons (Fsp3) is 0.882. The average molecular weight is 388 g/mol. The number of carbonyl (C=O) groups excluding carboxylic acids is 1. The Morgan fingerprint density at radius 2 is 1.46 bits per heavy atom. The molecule has 9 heteroatoms. The predicted molar refractivity (Wildman–Crippen MR) is 96.7 cm³/mol. The molecule has 3 aliphatic heterocycles. The van der Waals surface area contributed by atoms with Crippen molar-refractivity contribution < 1.29 is 23.1 Å². The number of likely N-dealkylation sites (tertiary alicyclic amines) is 1. The van der Waals surface area contributed by atoms with E-state index >= 15 is 0 Å². The first-order chi connectivity index (χ1) is 12.4. The standard InChI is InChI=1S/C17H29N3O5S/c21-16(19-6-3-1-2-4-7-19)11-20-10-9-18(8-5-17(22)23)14-12-26(24,25)13-15(14)20/h14-15H,1-13H2,(H,22,23)/t14-,15+/m1/s1. The maximum atomic E-state index is 12.7. The molecular formula is C17H29N3O5S. The van der Waals surface area contributed by atoms with Crippen LogP contribution in [0.3, 0.4) is 0 Å². The molecule has 1 N–H and O–H groups in total. The molecule has 8 nitrogen and oxygen atoms in total. The fourth-order valence-corrected chi connectivity index (χ4v) is 6.45. The first kappa shape index (κ1) is 19.6. The van der Waals surface area contributed by atoms with Gasteiger partial charge in [0, 0.05) is 44.8 Å². The van der Waals surface area contributed by atoms with Gasteiger partial charge in [-0.3, -0.25) is 19.4 Å². The van der Waals surface area contributed by atoms with Crippen molar-refractivity contribution in [3.63, 3.8) is 0 Å². The van der Waals surface area contributed by atoms with Crippen LogP contribution in [-0.2, 0) is 19.4 Å². The number of hydrogen-bond donors (Lipinski definition) is 1. The molecular weight excluding hydrogens is 358 g/mol. The van der Waals surface area contributed by atoms with Crippen molar-refractivity contribution >= 4 is 21.7 Å². The minimum Gasteiger partial charge on any atom is -0.481 e. The molecule has 0 radical (unpaired) electrons. The number of carboxylic acids is 1. The predicted octanol–water partition coefficient (Wildman–Crippen LogP) is -0.353. The molecule has 3 rings (SSSR count). The lowest BCUT2D eigenvalue weighted by atomic mass is 10.0. The van der Waals surface area contributed by atoms with Crippen LogP contribution in [0.4, 0.5) is 0 Å². The summed E-state index contributed by atoms with van der Waals surface area (Å²) in [6.45, 7) is 3.43. The van der Waals surface area contributed by atoms with Crippen LogP contribution in [0.5, 0.6) is 0 Å². The van der Waals surface area contributed by atoms with Gasteiger partial charge in [-0.15, -0.1) is 0 Å². The van der Waals surface area contributed by atoms with Gasteiger partial charge in [0.2, 0.25) is 5.91 Å². The number of carbonyl (C=O) groups is 2. The lowest BCUT2D eigenvalue weighted by molar-refractivity contribution is -0.137. The number of amides is 1. The van der Waals surface area contributed by atoms with Crippen molar-refractivity contribution in [2.75, 3.05) is 50.8 Å². The van der Waals surface area contributed by atoms with Gasteiger partial charge in [0.15, 0.2) is 9.84 Å². The summed E-state index contributed by atoms with van der Waals surface area (Å²) < 4.78 is 24.4. The maximum Gasteiger partial charge on any atom is 0.304 e. The molecule has 3 aliphatic rings. The van der Waals surface area contributed by atoms with E-state index in [0.29, 0.717) is 19.6 Å². The third-order valence-corrected chi connectivity index (χ3v) is 7.51. The zero-order valence-electron chi connectivity index (χ0n) is 15.2. The van der Waals surface area contributed by atoms with E-state index in [2.05, 4.69) is 0 Å². The van der Waals surface area contributed by atoms with Gasteiger partial charge in [-0.05, 0) is 12.8 Å². The first-order valence-electron chi connectivity index (χ1n) is 9.54. The molecule has 0 spiro atoms. The SMILES string of the molecule is O=C(O)CCN1CCN(CC(=O)N2CCCCCC2)[C@H]2CS(=O)(=O)C[C@H]21. The van der Waals surface area contributed by atoms with Gasteiger partial charge in [0.05, 0.1) is 24.5 Å². The molecule has 1 amide bonds. The summed E-state index contributed by atoms with van der Waals surface area (Å²) in [6.07, 6.45) is 4.41. The summed E-state index contributed by atoms with van der Waals surface area (Å²) in [4.78, 5) is 29.5. The third kappa shape index (κ3) is 4.75. The molecule has 3 saturated heterocycles. The van der Waals surface area contributed by atoms with Gasteiger partial charge in [0.1, 0.15) is 0 Å². The van der Waals surface area contributed by atoms with Crippen LogP contribution in [0.15, 0.2) is 0 Å². The van der Waals surface area contributed by atoms with E-state index in [1.807, 2.05) is 14.7 Å². The van der Waals surface area contributed by atoms with Crippen LogP contribution in [0.1, 0.15) is 32.1 Å². The van der Waals surface area contributed by atoms with Gasteiger partial charge in [0.25, 0.3) is 0 Å². The number of hydrogen-bond acceptors (Lipinski definition) is 6. The summed E-state index contributed by atoms with van der Waals surface area (Å²) in [6, 6.07) is -0.413. The van der Waals surface area contributed by atoms with Crippen LogP contribution in [0, 0.1) is 0 Å². The summed E-state index contributed by atoms with van der Waals surface area (Å²) in [5.41, 5.74) is 0. The Hall–Kier alpha value is -1.19. The van der Waals surface area contributed by atoms with Crippen molar-refractivity contribution in [1.29, 1.82) is 0 Å². The summed E-state index contributed by atoms with van der Waals surface area (Å²) in [5.74, 6) is -0.657. The highest BCUT2D eigenvalue weighted by Crippen LogP contribution is 2.27. The van der Waals surface area contributed by atoms with Crippen molar-refractivity contribution in [3.05, 3.63) is 0 Å². The highest BCUT2D eigenvalue weighted by molar-refractivity contribution is 7.91. The Morgan fingerprint density at radius 1 is 0.885 bits per heavy atom. The molecule has 0 aromatic carbocycles. The molecule has 0 bridgehead atoms. The number of carboxylic acid groups (broad SMARTS) is 1. The number of piperazine rings is 1. The Morgan fingerprint density at radius 3 is 2.08 bits per heavy atom. The zero-order valence-corrected chi connectivity index (χ0v) is 16.0. The zero-order chi connectivity index (χ0) is 18.7. The van der Waals surface area contributed by atoms with Gasteiger partial charge in [-0.25, -0.2) is 8.42 Å². The van der Waals surface area contributed by atoms with Crippen LogP contribution in [0.25, 0.3) is 0 Å². The lowest BCUT2D eigenvalue weighted by Gasteiger charge is -2.44. The molecule has 3 heterocycles. The minimum absolute atomic E-state index is 0.00990. The minimum atomic E-state index is -3.16.